The SMILES string of the molecule is C=C/C=C(/Cc1ccc[nH]1)NCc1ccc[nH]1. The molecule has 0 aromatic carbocycles. The van der Waals surface area contributed by atoms with Crippen LogP contribution in [0.5, 0.6) is 0 Å². The molecule has 0 bridgehead atoms. The fraction of sp³-hybridized carbons (Fsp3) is 0.143. The van der Waals surface area contributed by atoms with E-state index in [0.717, 1.165) is 18.7 Å². The maximum absolute atomic E-state index is 3.74. The third-order valence-corrected chi connectivity index (χ3v) is 2.53. The summed E-state index contributed by atoms with van der Waals surface area (Å²) in [4.78, 5) is 6.37. The van der Waals surface area contributed by atoms with E-state index in [2.05, 4.69) is 34.0 Å². The Hall–Kier alpha value is -2.16. The minimum absolute atomic E-state index is 0.799. The minimum Gasteiger partial charge on any atom is -0.382 e. The topological polar surface area (TPSA) is 43.6 Å². The van der Waals surface area contributed by atoms with E-state index in [1.54, 1.807) is 6.08 Å². The van der Waals surface area contributed by atoms with Gasteiger partial charge < -0.3 is 15.3 Å². The molecule has 0 atom stereocenters. The Kier molecular flexibility index (Phi) is 3.86. The van der Waals surface area contributed by atoms with Gasteiger partial charge in [0.15, 0.2) is 0 Å². The first kappa shape index (κ1) is 11.3. The summed E-state index contributed by atoms with van der Waals surface area (Å²) in [5.41, 5.74) is 3.51. The van der Waals surface area contributed by atoms with Gasteiger partial charge in [0, 0.05) is 35.9 Å². The number of H-pyrrole nitrogens is 2. The molecule has 2 heterocycles. The summed E-state index contributed by atoms with van der Waals surface area (Å²) in [6.45, 7) is 4.54. The van der Waals surface area contributed by atoms with Crippen LogP contribution in [-0.2, 0) is 13.0 Å². The Morgan fingerprint density at radius 1 is 1.18 bits per heavy atom. The highest BCUT2D eigenvalue weighted by atomic mass is 14.9. The van der Waals surface area contributed by atoms with Crippen molar-refractivity contribution in [3.8, 4) is 0 Å². The number of nitrogens with one attached hydrogen (secondary N) is 3. The van der Waals surface area contributed by atoms with Crippen molar-refractivity contribution in [3.05, 3.63) is 72.5 Å². The van der Waals surface area contributed by atoms with Crippen molar-refractivity contribution >= 4 is 0 Å². The Labute approximate surface area is 101 Å². The number of aromatic amines is 2. The predicted molar refractivity (Wildman–Crippen MR) is 70.4 cm³/mol. The Morgan fingerprint density at radius 3 is 2.47 bits per heavy atom. The average Bonchev–Trinajstić information content (AvgIpc) is 2.99. The van der Waals surface area contributed by atoms with Crippen molar-refractivity contribution < 1.29 is 0 Å². The van der Waals surface area contributed by atoms with Gasteiger partial charge >= 0.3 is 0 Å². The lowest BCUT2D eigenvalue weighted by Gasteiger charge is -2.09. The molecule has 0 saturated carbocycles. The number of hydrogen-bond donors (Lipinski definition) is 3. The van der Waals surface area contributed by atoms with Crippen LogP contribution in [0.2, 0.25) is 0 Å². The van der Waals surface area contributed by atoms with Gasteiger partial charge in [0.2, 0.25) is 0 Å². The normalized spacial score (nSPS) is 11.4. The number of allylic oxidation sites excluding steroid dienone is 3. The van der Waals surface area contributed by atoms with Crippen molar-refractivity contribution in [1.82, 2.24) is 15.3 Å². The summed E-state index contributed by atoms with van der Waals surface area (Å²) in [6.07, 6.45) is 8.54. The minimum atomic E-state index is 0.799. The van der Waals surface area contributed by atoms with Crippen molar-refractivity contribution in [2.45, 2.75) is 13.0 Å². The van der Waals surface area contributed by atoms with Crippen molar-refractivity contribution in [2.75, 3.05) is 0 Å². The van der Waals surface area contributed by atoms with E-state index in [1.165, 1.54) is 11.4 Å². The fourth-order valence-electron chi connectivity index (χ4n) is 1.69. The molecule has 17 heavy (non-hydrogen) atoms. The average molecular weight is 227 g/mol. The summed E-state index contributed by atoms with van der Waals surface area (Å²) in [5.74, 6) is 0. The lowest BCUT2D eigenvalue weighted by Crippen LogP contribution is -2.15. The van der Waals surface area contributed by atoms with Crippen LogP contribution in [0.1, 0.15) is 11.4 Å². The molecule has 0 aliphatic carbocycles. The molecule has 2 rings (SSSR count). The lowest BCUT2D eigenvalue weighted by molar-refractivity contribution is 0.762. The zero-order chi connectivity index (χ0) is 11.9. The van der Waals surface area contributed by atoms with Gasteiger partial charge in [-0.2, -0.15) is 0 Å². The molecule has 3 heteroatoms. The fourth-order valence-corrected chi connectivity index (χ4v) is 1.69. The Balaban J connectivity index is 1.93. The zero-order valence-electron chi connectivity index (χ0n) is 9.74. The highest BCUT2D eigenvalue weighted by Gasteiger charge is 2.00. The molecule has 0 aliphatic rings. The highest BCUT2D eigenvalue weighted by Crippen LogP contribution is 2.05. The molecule has 2 aromatic rings. The zero-order valence-corrected chi connectivity index (χ0v) is 9.74. The quantitative estimate of drug-likeness (QED) is 0.653. The van der Waals surface area contributed by atoms with Crippen LogP contribution in [0.15, 0.2) is 61.1 Å². The van der Waals surface area contributed by atoms with Crippen LogP contribution in [-0.4, -0.2) is 9.97 Å². The third kappa shape index (κ3) is 3.41. The molecule has 0 unspecified atom stereocenters. The number of rotatable bonds is 6. The summed E-state index contributed by atoms with van der Waals surface area (Å²) < 4.78 is 0. The molecular weight excluding hydrogens is 210 g/mol. The van der Waals surface area contributed by atoms with Crippen molar-refractivity contribution in [3.63, 3.8) is 0 Å². The smallest absolute Gasteiger partial charge is 0.0548 e. The first-order chi connectivity index (χ1) is 8.38. The molecule has 0 spiro atoms. The number of aromatic nitrogens is 2. The lowest BCUT2D eigenvalue weighted by atomic mass is 10.2. The van der Waals surface area contributed by atoms with Crippen LogP contribution in [0, 0.1) is 0 Å². The largest absolute Gasteiger partial charge is 0.382 e. The maximum atomic E-state index is 3.74. The molecule has 3 N–H and O–H groups in total. The summed E-state index contributed by atoms with van der Waals surface area (Å²) in [5, 5.41) is 3.40. The Bertz CT molecular complexity index is 464. The van der Waals surface area contributed by atoms with E-state index >= 15 is 0 Å². The van der Waals surface area contributed by atoms with E-state index in [-0.39, 0.29) is 0 Å². The van der Waals surface area contributed by atoms with Gasteiger partial charge in [0.1, 0.15) is 0 Å². The second kappa shape index (κ2) is 5.80. The monoisotopic (exact) mass is 227 g/mol. The van der Waals surface area contributed by atoms with Gasteiger partial charge in [-0.3, -0.25) is 0 Å². The van der Waals surface area contributed by atoms with Gasteiger partial charge in [0.25, 0.3) is 0 Å². The summed E-state index contributed by atoms with van der Waals surface area (Å²) >= 11 is 0. The van der Waals surface area contributed by atoms with E-state index in [1.807, 2.05) is 30.6 Å². The van der Waals surface area contributed by atoms with Crippen LogP contribution in [0.3, 0.4) is 0 Å². The van der Waals surface area contributed by atoms with Crippen LogP contribution in [0.25, 0.3) is 0 Å². The molecule has 0 fully saturated rings. The molecule has 0 radical (unpaired) electrons. The maximum Gasteiger partial charge on any atom is 0.0548 e. The van der Waals surface area contributed by atoms with E-state index in [4.69, 9.17) is 0 Å². The van der Waals surface area contributed by atoms with Crippen molar-refractivity contribution in [2.24, 2.45) is 0 Å². The molecule has 3 nitrogen and oxygen atoms in total. The van der Waals surface area contributed by atoms with Crippen molar-refractivity contribution in [1.29, 1.82) is 0 Å². The first-order valence-corrected chi connectivity index (χ1v) is 5.68. The molecule has 0 aliphatic heterocycles. The van der Waals surface area contributed by atoms with E-state index in [9.17, 15) is 0 Å². The van der Waals surface area contributed by atoms with Crippen LogP contribution in [0.4, 0.5) is 0 Å². The molecule has 0 saturated heterocycles. The van der Waals surface area contributed by atoms with Crippen LogP contribution >= 0.6 is 0 Å². The first-order valence-electron chi connectivity index (χ1n) is 5.68. The number of hydrogen-bond acceptors (Lipinski definition) is 1. The van der Waals surface area contributed by atoms with Gasteiger partial charge in [-0.25, -0.2) is 0 Å². The molecular formula is C14H17N3. The summed E-state index contributed by atoms with van der Waals surface area (Å²) in [7, 11) is 0. The van der Waals surface area contributed by atoms with Gasteiger partial charge in [-0.05, 0) is 30.3 Å². The van der Waals surface area contributed by atoms with Gasteiger partial charge in [-0.1, -0.05) is 12.7 Å². The second-order valence-electron chi connectivity index (χ2n) is 3.85. The predicted octanol–water partition coefficient (Wildman–Crippen LogP) is 2.75. The standard InChI is InChI=1S/C14H17N3/c1-2-5-12(10-13-6-3-8-15-13)17-11-14-7-4-9-16-14/h2-9,15-17H,1,10-11H2/b12-5-. The Morgan fingerprint density at radius 2 is 1.88 bits per heavy atom. The highest BCUT2D eigenvalue weighted by molar-refractivity contribution is 5.18. The second-order valence-corrected chi connectivity index (χ2v) is 3.85. The van der Waals surface area contributed by atoms with E-state index < -0.39 is 0 Å². The van der Waals surface area contributed by atoms with Gasteiger partial charge in [0.05, 0.1) is 6.54 Å². The van der Waals surface area contributed by atoms with E-state index in [0.29, 0.717) is 0 Å². The molecule has 88 valence electrons. The molecule has 2 aromatic heterocycles. The molecule has 0 amide bonds. The summed E-state index contributed by atoms with van der Waals surface area (Å²) in [6, 6.07) is 8.14. The third-order valence-electron chi connectivity index (χ3n) is 2.53. The van der Waals surface area contributed by atoms with Crippen LogP contribution < -0.4 is 5.32 Å². The van der Waals surface area contributed by atoms with Gasteiger partial charge in [-0.15, -0.1) is 0 Å².